The lowest BCUT2D eigenvalue weighted by molar-refractivity contribution is 0.102. The number of anilines is 1. The van der Waals surface area contributed by atoms with Crippen LogP contribution in [-0.2, 0) is 13.2 Å². The Morgan fingerprint density at radius 2 is 1.65 bits per heavy atom. The van der Waals surface area contributed by atoms with E-state index in [2.05, 4.69) is 26.3 Å². The Balaban J connectivity index is 1.35. The summed E-state index contributed by atoms with van der Waals surface area (Å²) in [6.45, 7) is 0.868. The van der Waals surface area contributed by atoms with E-state index in [4.69, 9.17) is 32.7 Å². The molecular weight excluding hydrogens is 541 g/mol. The number of rotatable bonds is 8. The van der Waals surface area contributed by atoms with Gasteiger partial charge in [0.1, 0.15) is 18.1 Å². The minimum absolute atomic E-state index is 0.261. The molecule has 0 atom stereocenters. The summed E-state index contributed by atoms with van der Waals surface area (Å²) in [5.41, 5.74) is 2.40. The smallest absolute Gasteiger partial charge is 0.256 e. The van der Waals surface area contributed by atoms with Gasteiger partial charge in [0.05, 0.1) is 28.2 Å². The van der Waals surface area contributed by atoms with Crippen LogP contribution in [0.4, 0.5) is 5.82 Å². The Hall–Kier alpha value is -3.00. The molecule has 4 rings (SSSR count). The lowest BCUT2D eigenvalue weighted by Gasteiger charge is -2.08. The fourth-order valence-corrected chi connectivity index (χ4v) is 3.89. The van der Waals surface area contributed by atoms with Crippen LogP contribution in [0.25, 0.3) is 0 Å². The highest BCUT2D eigenvalue weighted by Crippen LogP contribution is 2.25. The summed E-state index contributed by atoms with van der Waals surface area (Å²) in [5.74, 6) is 1.68. The zero-order valence-electron chi connectivity index (χ0n) is 18.1. The van der Waals surface area contributed by atoms with Crippen LogP contribution in [0.15, 0.2) is 77.4 Å². The van der Waals surface area contributed by atoms with E-state index in [1.54, 1.807) is 42.3 Å². The number of carbonyl (C=O) groups excluding carboxylic acids is 1. The summed E-state index contributed by atoms with van der Waals surface area (Å²) in [6, 6.07) is 20.0. The van der Waals surface area contributed by atoms with Gasteiger partial charge in [0.15, 0.2) is 5.82 Å². The molecular formula is C25H20BrCl2N3O3. The van der Waals surface area contributed by atoms with Crippen LogP contribution in [0, 0.1) is 0 Å². The molecule has 6 nitrogen and oxygen atoms in total. The van der Waals surface area contributed by atoms with Crippen molar-refractivity contribution in [3.05, 3.63) is 104 Å². The van der Waals surface area contributed by atoms with E-state index in [0.29, 0.717) is 39.1 Å². The second-order valence-electron chi connectivity index (χ2n) is 7.39. The van der Waals surface area contributed by atoms with Crippen LogP contribution in [0.1, 0.15) is 21.5 Å². The fourth-order valence-electron chi connectivity index (χ4n) is 3.16. The summed E-state index contributed by atoms with van der Waals surface area (Å²) in [5, 5.41) is 8.26. The first-order valence-electron chi connectivity index (χ1n) is 10.3. The number of hydrogen-bond donors (Lipinski definition) is 1. The third-order valence-corrected chi connectivity index (χ3v) is 6.28. The summed E-state index contributed by atoms with van der Waals surface area (Å²) < 4.78 is 13.3. The van der Waals surface area contributed by atoms with E-state index in [1.165, 1.54) is 0 Å². The third-order valence-electron chi connectivity index (χ3n) is 4.96. The first-order chi connectivity index (χ1) is 16.4. The molecule has 4 aromatic rings. The van der Waals surface area contributed by atoms with Crippen LogP contribution in [0.5, 0.6) is 11.5 Å². The number of nitrogens with zero attached hydrogens (tertiary/aromatic N) is 2. The molecule has 0 radical (unpaired) electrons. The average Bonchev–Trinajstić information content (AvgIpc) is 3.19. The third kappa shape index (κ3) is 6.11. The molecule has 3 aromatic carbocycles. The molecule has 0 saturated heterocycles. The normalized spacial score (nSPS) is 10.7. The fraction of sp³-hybridized carbons (Fsp3) is 0.120. The van der Waals surface area contributed by atoms with E-state index in [1.807, 2.05) is 42.5 Å². The summed E-state index contributed by atoms with van der Waals surface area (Å²) >= 11 is 15.5. The molecule has 0 aliphatic carbocycles. The number of nitrogens with one attached hydrogen (secondary N) is 1. The van der Waals surface area contributed by atoms with Gasteiger partial charge in [-0.15, -0.1) is 0 Å². The average molecular weight is 561 g/mol. The molecule has 1 amide bonds. The molecule has 1 aromatic heterocycles. The Morgan fingerprint density at radius 3 is 2.32 bits per heavy atom. The number of amides is 1. The van der Waals surface area contributed by atoms with Crippen LogP contribution in [0.2, 0.25) is 10.0 Å². The number of methoxy groups -OCH3 is 1. The molecule has 174 valence electrons. The molecule has 0 aliphatic heterocycles. The van der Waals surface area contributed by atoms with E-state index < -0.39 is 0 Å². The van der Waals surface area contributed by atoms with E-state index in [9.17, 15) is 4.79 Å². The predicted octanol–water partition coefficient (Wildman–Crippen LogP) is 6.84. The monoisotopic (exact) mass is 559 g/mol. The van der Waals surface area contributed by atoms with Crippen molar-refractivity contribution < 1.29 is 14.3 Å². The van der Waals surface area contributed by atoms with Crippen molar-refractivity contribution in [3.8, 4) is 11.5 Å². The largest absolute Gasteiger partial charge is 0.497 e. The maximum atomic E-state index is 12.7. The number of ether oxygens (including phenoxy) is 2. The van der Waals surface area contributed by atoms with Crippen molar-refractivity contribution in [3.63, 3.8) is 0 Å². The van der Waals surface area contributed by atoms with Crippen molar-refractivity contribution in [2.75, 3.05) is 12.4 Å². The second-order valence-corrected chi connectivity index (χ2v) is 9.06. The molecule has 0 fully saturated rings. The standard InChI is InChI=1S/C25H20BrCl2N3O3/c1-33-19-7-9-20(10-8-19)34-15-16-2-5-18(6-3-16)25(32)29-24-21(26)14-31(30-24)13-17-4-11-22(27)23(28)12-17/h2-12,14H,13,15H2,1H3,(H,29,30,32). The van der Waals surface area contributed by atoms with Crippen molar-refractivity contribution in [1.29, 1.82) is 0 Å². The maximum absolute atomic E-state index is 12.7. The Labute approximate surface area is 215 Å². The van der Waals surface area contributed by atoms with Gasteiger partial charge in [-0.3, -0.25) is 9.48 Å². The first kappa shape index (κ1) is 24.1. The Morgan fingerprint density at radius 1 is 0.971 bits per heavy atom. The second kappa shape index (κ2) is 11.0. The molecule has 0 aliphatic rings. The highest BCUT2D eigenvalue weighted by atomic mass is 79.9. The number of aromatic nitrogens is 2. The van der Waals surface area contributed by atoms with Gasteiger partial charge in [-0.2, -0.15) is 5.10 Å². The van der Waals surface area contributed by atoms with Crippen molar-refractivity contribution in [1.82, 2.24) is 9.78 Å². The molecule has 9 heteroatoms. The van der Waals surface area contributed by atoms with Gasteiger partial charge >= 0.3 is 0 Å². The molecule has 1 heterocycles. The number of benzene rings is 3. The Kier molecular flexibility index (Phi) is 7.77. The minimum atomic E-state index is -0.261. The molecule has 0 bridgehead atoms. The molecule has 0 spiro atoms. The topological polar surface area (TPSA) is 65.4 Å². The van der Waals surface area contributed by atoms with Gasteiger partial charge in [0.25, 0.3) is 5.91 Å². The lowest BCUT2D eigenvalue weighted by Crippen LogP contribution is -2.13. The van der Waals surface area contributed by atoms with Crippen LogP contribution >= 0.6 is 39.1 Å². The number of carbonyl (C=O) groups is 1. The van der Waals surface area contributed by atoms with Crippen LogP contribution < -0.4 is 14.8 Å². The highest BCUT2D eigenvalue weighted by Gasteiger charge is 2.13. The first-order valence-corrected chi connectivity index (χ1v) is 11.8. The highest BCUT2D eigenvalue weighted by molar-refractivity contribution is 9.10. The van der Waals surface area contributed by atoms with Gasteiger partial charge in [0.2, 0.25) is 0 Å². The molecule has 34 heavy (non-hydrogen) atoms. The summed E-state index contributed by atoms with van der Waals surface area (Å²) in [6.07, 6.45) is 1.79. The number of hydrogen-bond acceptors (Lipinski definition) is 4. The summed E-state index contributed by atoms with van der Waals surface area (Å²) in [7, 11) is 1.62. The zero-order chi connectivity index (χ0) is 24.1. The van der Waals surface area contributed by atoms with Crippen molar-refractivity contribution in [2.24, 2.45) is 0 Å². The van der Waals surface area contributed by atoms with Crippen molar-refractivity contribution in [2.45, 2.75) is 13.2 Å². The van der Waals surface area contributed by atoms with E-state index in [0.717, 1.165) is 22.6 Å². The minimum Gasteiger partial charge on any atom is -0.497 e. The number of halogens is 3. The zero-order valence-corrected chi connectivity index (χ0v) is 21.2. The Bertz CT molecular complexity index is 1290. The predicted molar refractivity (Wildman–Crippen MR) is 137 cm³/mol. The van der Waals surface area contributed by atoms with E-state index in [-0.39, 0.29) is 5.91 Å². The van der Waals surface area contributed by atoms with Crippen LogP contribution in [0.3, 0.4) is 0 Å². The van der Waals surface area contributed by atoms with Gasteiger partial charge < -0.3 is 14.8 Å². The quantitative estimate of drug-likeness (QED) is 0.256. The van der Waals surface area contributed by atoms with Gasteiger partial charge in [-0.1, -0.05) is 41.4 Å². The molecule has 0 saturated carbocycles. The maximum Gasteiger partial charge on any atom is 0.256 e. The SMILES string of the molecule is COc1ccc(OCc2ccc(C(=O)Nc3nn(Cc4ccc(Cl)c(Cl)c4)cc3Br)cc2)cc1. The lowest BCUT2D eigenvalue weighted by atomic mass is 10.1. The van der Waals surface area contributed by atoms with Crippen LogP contribution in [-0.4, -0.2) is 22.8 Å². The van der Waals surface area contributed by atoms with Gasteiger partial charge in [0, 0.05) is 11.8 Å². The molecule has 1 N–H and O–H groups in total. The van der Waals surface area contributed by atoms with Gasteiger partial charge in [-0.25, -0.2) is 0 Å². The molecule has 0 unspecified atom stereocenters. The van der Waals surface area contributed by atoms with Crippen molar-refractivity contribution >= 4 is 50.9 Å². The van der Waals surface area contributed by atoms with E-state index >= 15 is 0 Å². The van der Waals surface area contributed by atoms with Gasteiger partial charge in [-0.05, 0) is 75.6 Å². The summed E-state index contributed by atoms with van der Waals surface area (Å²) in [4.78, 5) is 12.7.